The minimum absolute atomic E-state index is 0.0547. The first-order chi connectivity index (χ1) is 11.5. The molecule has 0 aliphatic heterocycles. The van der Waals surface area contributed by atoms with Gasteiger partial charge in [-0.3, -0.25) is 14.4 Å². The summed E-state index contributed by atoms with van der Waals surface area (Å²) in [7, 11) is 1.90. The average Bonchev–Trinajstić information content (AvgIpc) is 3.06. The Balaban J connectivity index is 1.94. The van der Waals surface area contributed by atoms with Gasteiger partial charge in [-0.15, -0.1) is 10.2 Å². The number of anilines is 1. The molecule has 1 N–H and O–H groups in total. The molecule has 0 saturated heterocycles. The van der Waals surface area contributed by atoms with Gasteiger partial charge >= 0.3 is 0 Å². The van der Waals surface area contributed by atoms with E-state index in [1.807, 2.05) is 42.0 Å². The highest BCUT2D eigenvalue weighted by Gasteiger charge is 2.15. The number of carbonyl (C=O) groups is 1. The quantitative estimate of drug-likeness (QED) is 0.793. The van der Waals surface area contributed by atoms with Gasteiger partial charge < -0.3 is 9.88 Å². The van der Waals surface area contributed by atoms with E-state index in [9.17, 15) is 4.79 Å². The molecule has 0 aliphatic rings. The molecule has 0 spiro atoms. The molecule has 24 heavy (non-hydrogen) atoms. The Kier molecular flexibility index (Phi) is 6.08. The monoisotopic (exact) mass is 333 g/mol. The summed E-state index contributed by atoms with van der Waals surface area (Å²) in [5, 5.41) is 15.5. The van der Waals surface area contributed by atoms with Crippen LogP contribution < -0.4 is 5.32 Å². The number of hydrogen-bond acceptors (Lipinski definition) is 5. The van der Waals surface area contributed by atoms with Gasteiger partial charge in [0.15, 0.2) is 0 Å². The van der Waals surface area contributed by atoms with Gasteiger partial charge in [0.25, 0.3) is 0 Å². The Morgan fingerprint density at radius 3 is 2.71 bits per heavy atom. The Morgan fingerprint density at radius 2 is 2.08 bits per heavy atom. The zero-order valence-corrected chi connectivity index (χ0v) is 15.2. The first-order valence-corrected chi connectivity index (χ1v) is 8.35. The van der Waals surface area contributed by atoms with Gasteiger partial charge in [0, 0.05) is 13.1 Å². The number of nitrogens with zero attached hydrogens (tertiary/aromatic N) is 6. The van der Waals surface area contributed by atoms with Crippen molar-refractivity contribution >= 4 is 11.6 Å². The Labute approximate surface area is 142 Å². The van der Waals surface area contributed by atoms with E-state index in [-0.39, 0.29) is 12.5 Å². The minimum atomic E-state index is -0.0547. The van der Waals surface area contributed by atoms with Crippen molar-refractivity contribution in [2.75, 3.05) is 18.9 Å². The Bertz CT molecular complexity index is 689. The van der Waals surface area contributed by atoms with E-state index in [1.165, 1.54) is 0 Å². The molecular formula is C16H27N7O. The summed E-state index contributed by atoms with van der Waals surface area (Å²) in [6, 6.07) is 0. The molecule has 0 bridgehead atoms. The van der Waals surface area contributed by atoms with Crippen molar-refractivity contribution < 1.29 is 4.79 Å². The predicted molar refractivity (Wildman–Crippen MR) is 92.7 cm³/mol. The van der Waals surface area contributed by atoms with Gasteiger partial charge in [-0.2, -0.15) is 5.10 Å². The summed E-state index contributed by atoms with van der Waals surface area (Å²) in [5.74, 6) is 0.819. The van der Waals surface area contributed by atoms with Crippen LogP contribution in [0.25, 0.3) is 0 Å². The van der Waals surface area contributed by atoms with Crippen molar-refractivity contribution in [1.82, 2.24) is 29.4 Å². The molecule has 2 aromatic heterocycles. The third-order valence-corrected chi connectivity index (χ3v) is 3.93. The lowest BCUT2D eigenvalue weighted by atomic mass is 10.3. The second kappa shape index (κ2) is 8.05. The van der Waals surface area contributed by atoms with Crippen molar-refractivity contribution in [2.24, 2.45) is 0 Å². The fourth-order valence-corrected chi connectivity index (χ4v) is 2.74. The molecule has 0 atom stereocenters. The van der Waals surface area contributed by atoms with E-state index < -0.39 is 0 Å². The van der Waals surface area contributed by atoms with E-state index in [0.29, 0.717) is 6.54 Å². The summed E-state index contributed by atoms with van der Waals surface area (Å²) < 4.78 is 3.91. The van der Waals surface area contributed by atoms with Crippen LogP contribution >= 0.6 is 0 Å². The fraction of sp³-hybridized carbons (Fsp3) is 0.625. The summed E-state index contributed by atoms with van der Waals surface area (Å²) in [5.41, 5.74) is 2.63. The molecule has 2 rings (SSSR count). The maximum Gasteiger partial charge on any atom is 0.238 e. The van der Waals surface area contributed by atoms with Gasteiger partial charge in [-0.1, -0.05) is 6.92 Å². The van der Waals surface area contributed by atoms with Crippen LogP contribution in [-0.2, 0) is 24.4 Å². The molecule has 132 valence electrons. The van der Waals surface area contributed by atoms with Gasteiger partial charge in [-0.05, 0) is 34.2 Å². The number of aromatic nitrogens is 5. The van der Waals surface area contributed by atoms with E-state index >= 15 is 0 Å². The number of hydrogen-bond donors (Lipinski definition) is 1. The molecule has 8 heteroatoms. The fourth-order valence-electron chi connectivity index (χ4n) is 2.74. The Morgan fingerprint density at radius 1 is 1.33 bits per heavy atom. The molecule has 1 amide bonds. The first-order valence-electron chi connectivity index (χ1n) is 8.35. The van der Waals surface area contributed by atoms with Gasteiger partial charge in [0.1, 0.15) is 12.2 Å². The molecule has 8 nitrogen and oxygen atoms in total. The smallest absolute Gasteiger partial charge is 0.238 e. The summed E-state index contributed by atoms with van der Waals surface area (Å²) in [6.45, 7) is 10.6. The summed E-state index contributed by atoms with van der Waals surface area (Å²) in [4.78, 5) is 14.3. The zero-order chi connectivity index (χ0) is 17.7. The number of nitrogens with one attached hydrogen (secondary N) is 1. The van der Waals surface area contributed by atoms with E-state index in [0.717, 1.165) is 42.4 Å². The number of aryl methyl sites for hydroxylation is 3. The normalized spacial score (nSPS) is 11.2. The zero-order valence-electron chi connectivity index (χ0n) is 15.2. The second-order valence-corrected chi connectivity index (χ2v) is 6.02. The van der Waals surface area contributed by atoms with Crippen molar-refractivity contribution in [1.29, 1.82) is 0 Å². The minimum Gasteiger partial charge on any atom is -0.322 e. The Hall–Kier alpha value is -2.22. The van der Waals surface area contributed by atoms with E-state index in [4.69, 9.17) is 0 Å². The molecule has 0 saturated carbocycles. The molecular weight excluding hydrogens is 306 g/mol. The topological polar surface area (TPSA) is 80.9 Å². The average molecular weight is 333 g/mol. The molecule has 0 unspecified atom stereocenters. The predicted octanol–water partition coefficient (Wildman–Crippen LogP) is 1.59. The van der Waals surface area contributed by atoms with Crippen molar-refractivity contribution in [3.63, 3.8) is 0 Å². The van der Waals surface area contributed by atoms with E-state index in [1.54, 1.807) is 6.33 Å². The molecule has 2 heterocycles. The standard InChI is InChI=1S/C16H27N7O/c1-6-8-22-11-17-19-14(22)9-21(5)10-15(24)18-16-12(3)20-23(7-2)13(16)4/h11H,6-10H2,1-5H3,(H,18,24). The lowest BCUT2D eigenvalue weighted by Crippen LogP contribution is -2.31. The van der Waals surface area contributed by atoms with Crippen LogP contribution in [0.4, 0.5) is 5.69 Å². The highest BCUT2D eigenvalue weighted by molar-refractivity contribution is 5.93. The van der Waals surface area contributed by atoms with Gasteiger partial charge in [0.2, 0.25) is 5.91 Å². The lowest BCUT2D eigenvalue weighted by Gasteiger charge is -2.16. The van der Waals surface area contributed by atoms with Crippen LogP contribution in [0.15, 0.2) is 6.33 Å². The van der Waals surface area contributed by atoms with Crippen molar-refractivity contribution in [3.05, 3.63) is 23.5 Å². The number of rotatable bonds is 8. The molecule has 0 fully saturated rings. The van der Waals surface area contributed by atoms with Crippen LogP contribution in [0.2, 0.25) is 0 Å². The van der Waals surface area contributed by atoms with Crippen molar-refractivity contribution in [3.8, 4) is 0 Å². The molecule has 0 radical (unpaired) electrons. The highest BCUT2D eigenvalue weighted by atomic mass is 16.2. The van der Waals surface area contributed by atoms with Crippen LogP contribution in [0, 0.1) is 13.8 Å². The number of likely N-dealkylation sites (N-methyl/N-ethyl adjacent to an activating group) is 1. The van der Waals surface area contributed by atoms with Crippen LogP contribution in [0.5, 0.6) is 0 Å². The SMILES string of the molecule is CCCn1cnnc1CN(C)CC(=O)Nc1c(C)nn(CC)c1C. The second-order valence-electron chi connectivity index (χ2n) is 6.02. The molecule has 2 aromatic rings. The third kappa shape index (κ3) is 4.19. The van der Waals surface area contributed by atoms with Crippen LogP contribution in [-0.4, -0.2) is 48.9 Å². The maximum atomic E-state index is 12.3. The molecule has 0 aliphatic carbocycles. The maximum absolute atomic E-state index is 12.3. The van der Waals surface area contributed by atoms with Crippen LogP contribution in [0.3, 0.4) is 0 Å². The third-order valence-electron chi connectivity index (χ3n) is 3.93. The van der Waals surface area contributed by atoms with Crippen molar-refractivity contribution in [2.45, 2.75) is 53.8 Å². The molecule has 0 aromatic carbocycles. The largest absolute Gasteiger partial charge is 0.322 e. The number of carbonyl (C=O) groups excluding carboxylic acids is 1. The summed E-state index contributed by atoms with van der Waals surface area (Å²) in [6.07, 6.45) is 2.76. The van der Waals surface area contributed by atoms with E-state index in [2.05, 4.69) is 27.5 Å². The van der Waals surface area contributed by atoms with Gasteiger partial charge in [-0.25, -0.2) is 0 Å². The number of amides is 1. The summed E-state index contributed by atoms with van der Waals surface area (Å²) >= 11 is 0. The van der Waals surface area contributed by atoms with Gasteiger partial charge in [0.05, 0.1) is 30.2 Å². The van der Waals surface area contributed by atoms with Crippen LogP contribution in [0.1, 0.15) is 37.5 Å². The lowest BCUT2D eigenvalue weighted by molar-refractivity contribution is -0.117. The highest BCUT2D eigenvalue weighted by Crippen LogP contribution is 2.19. The first kappa shape index (κ1) is 18.1.